The van der Waals surface area contributed by atoms with Crippen molar-refractivity contribution < 1.29 is 4.43 Å². The van der Waals surface area contributed by atoms with Crippen molar-refractivity contribution in [3.05, 3.63) is 29.8 Å². The van der Waals surface area contributed by atoms with E-state index in [1.807, 2.05) is 0 Å². The summed E-state index contributed by atoms with van der Waals surface area (Å²) >= 11 is 1.76. The average Bonchev–Trinajstić information content (AvgIpc) is 2.07. The first-order chi connectivity index (χ1) is 5.36. The van der Waals surface area contributed by atoms with E-state index in [0.29, 0.717) is 0 Å². The van der Waals surface area contributed by atoms with Gasteiger partial charge in [0.2, 0.25) is 0 Å². The Balaban J connectivity index is 2.66. The van der Waals surface area contributed by atoms with Crippen LogP contribution < -0.4 is 0 Å². The molecule has 0 radical (unpaired) electrons. The van der Waals surface area contributed by atoms with Gasteiger partial charge in [-0.2, -0.15) is 0 Å². The van der Waals surface area contributed by atoms with Gasteiger partial charge in [0.1, 0.15) is 10.5 Å². The highest BCUT2D eigenvalue weighted by Gasteiger charge is 1.90. The second-order valence-corrected chi connectivity index (χ2v) is 3.74. The monoisotopic (exact) mass is 184 g/mol. The fourth-order valence-electron chi connectivity index (χ4n) is 0.888. The van der Waals surface area contributed by atoms with Gasteiger partial charge in [0.25, 0.3) is 0 Å². The molecule has 60 valence electrons. The fraction of sp³-hybridized carbons (Fsp3) is 0.250. The summed E-state index contributed by atoms with van der Waals surface area (Å²) in [6.07, 6.45) is 2.08. The Labute approximate surface area is 74.7 Å². The summed E-state index contributed by atoms with van der Waals surface area (Å²) in [5.74, 6) is 0. The second-order valence-electron chi connectivity index (χ2n) is 2.28. The van der Waals surface area contributed by atoms with Gasteiger partial charge in [0.15, 0.2) is 0 Å². The van der Waals surface area contributed by atoms with Gasteiger partial charge in [0.05, 0.1) is 6.61 Å². The molecule has 1 aromatic rings. The lowest BCUT2D eigenvalue weighted by Crippen LogP contribution is -1.87. The Kier molecular flexibility index (Phi) is 3.69. The average molecular weight is 184 g/mol. The summed E-state index contributed by atoms with van der Waals surface area (Å²) < 4.78 is 5.13. The summed E-state index contributed by atoms with van der Waals surface area (Å²) in [6.45, 7) is 0.765. The molecule has 0 aliphatic carbocycles. The van der Waals surface area contributed by atoms with Gasteiger partial charge < -0.3 is 4.43 Å². The van der Waals surface area contributed by atoms with E-state index in [0.717, 1.165) is 17.1 Å². The first kappa shape index (κ1) is 8.84. The summed E-state index contributed by atoms with van der Waals surface area (Å²) in [6, 6.07) is 8.48. The second kappa shape index (κ2) is 4.59. The molecule has 0 atom stereocenters. The zero-order valence-electron chi connectivity index (χ0n) is 6.83. The molecule has 3 heteroatoms. The molecular formula is C8H12OSSi. The SMILES string of the molecule is CSc1ccc(CO[SiH3])cc1. The summed E-state index contributed by atoms with van der Waals surface area (Å²) in [4.78, 5) is 1.31. The summed E-state index contributed by atoms with van der Waals surface area (Å²) in [5, 5.41) is 0. The van der Waals surface area contributed by atoms with Gasteiger partial charge in [0, 0.05) is 4.90 Å². The van der Waals surface area contributed by atoms with E-state index in [2.05, 4.69) is 30.5 Å². The van der Waals surface area contributed by atoms with Crippen molar-refractivity contribution in [3.63, 3.8) is 0 Å². The molecule has 0 fully saturated rings. The van der Waals surface area contributed by atoms with Gasteiger partial charge in [-0.15, -0.1) is 11.8 Å². The van der Waals surface area contributed by atoms with Crippen molar-refractivity contribution in [2.45, 2.75) is 11.5 Å². The molecule has 11 heavy (non-hydrogen) atoms. The smallest absolute Gasteiger partial charge is 0.146 e. The Morgan fingerprint density at radius 2 is 2.00 bits per heavy atom. The lowest BCUT2D eigenvalue weighted by atomic mass is 10.2. The van der Waals surface area contributed by atoms with E-state index >= 15 is 0 Å². The number of hydrogen-bond donors (Lipinski definition) is 0. The van der Waals surface area contributed by atoms with Crippen LogP contribution in [0.15, 0.2) is 29.2 Å². The van der Waals surface area contributed by atoms with Crippen molar-refractivity contribution >= 4 is 22.2 Å². The molecule has 0 N–H and O–H groups in total. The maximum atomic E-state index is 5.13. The van der Waals surface area contributed by atoms with Crippen LogP contribution in [-0.4, -0.2) is 16.7 Å². The standard InChI is InChI=1S/C8H12OSSi/c1-10-8-4-2-7(3-5-8)6-9-11/h2-5H,6H2,1,11H3. The van der Waals surface area contributed by atoms with Crippen LogP contribution in [0.1, 0.15) is 5.56 Å². The summed E-state index contributed by atoms with van der Waals surface area (Å²) in [5.41, 5.74) is 1.26. The number of benzene rings is 1. The van der Waals surface area contributed by atoms with E-state index in [1.165, 1.54) is 10.5 Å². The molecule has 1 aromatic carbocycles. The van der Waals surface area contributed by atoms with Crippen LogP contribution in [-0.2, 0) is 11.0 Å². The predicted molar refractivity (Wildman–Crippen MR) is 53.0 cm³/mol. The third-order valence-electron chi connectivity index (χ3n) is 1.47. The molecule has 0 saturated carbocycles. The van der Waals surface area contributed by atoms with E-state index in [1.54, 1.807) is 11.8 Å². The van der Waals surface area contributed by atoms with Crippen molar-refractivity contribution in [1.82, 2.24) is 0 Å². The van der Waals surface area contributed by atoms with Crippen molar-refractivity contribution in [2.24, 2.45) is 0 Å². The molecule has 1 rings (SSSR count). The molecule has 0 amide bonds. The Hall–Kier alpha value is -0.253. The third-order valence-corrected chi connectivity index (χ3v) is 2.50. The first-order valence-electron chi connectivity index (χ1n) is 3.48. The van der Waals surface area contributed by atoms with Crippen LogP contribution >= 0.6 is 11.8 Å². The van der Waals surface area contributed by atoms with Gasteiger partial charge in [-0.25, -0.2) is 0 Å². The third kappa shape index (κ3) is 2.69. The molecule has 0 unspecified atom stereocenters. The van der Waals surface area contributed by atoms with Crippen molar-refractivity contribution in [3.8, 4) is 0 Å². The van der Waals surface area contributed by atoms with Gasteiger partial charge >= 0.3 is 0 Å². The largest absolute Gasteiger partial charge is 0.424 e. The van der Waals surface area contributed by atoms with Crippen LogP contribution in [0.4, 0.5) is 0 Å². The maximum Gasteiger partial charge on any atom is 0.146 e. The number of thioether (sulfide) groups is 1. The van der Waals surface area contributed by atoms with Crippen LogP contribution in [0.3, 0.4) is 0 Å². The van der Waals surface area contributed by atoms with Crippen LogP contribution in [0.25, 0.3) is 0 Å². The quantitative estimate of drug-likeness (QED) is 0.516. The zero-order valence-corrected chi connectivity index (χ0v) is 9.65. The van der Waals surface area contributed by atoms with Crippen molar-refractivity contribution in [1.29, 1.82) is 0 Å². The molecule has 1 nitrogen and oxygen atoms in total. The molecule has 0 saturated heterocycles. The van der Waals surface area contributed by atoms with E-state index < -0.39 is 0 Å². The highest BCUT2D eigenvalue weighted by Crippen LogP contribution is 2.14. The molecule has 0 aliphatic rings. The number of hydrogen-bond acceptors (Lipinski definition) is 2. The minimum absolute atomic E-state index is 0.765. The Morgan fingerprint density at radius 3 is 2.45 bits per heavy atom. The maximum absolute atomic E-state index is 5.13. The minimum atomic E-state index is 0.765. The predicted octanol–water partition coefficient (Wildman–Crippen LogP) is 1.21. The van der Waals surface area contributed by atoms with E-state index in [4.69, 9.17) is 4.43 Å². The lowest BCUT2D eigenvalue weighted by molar-refractivity contribution is 0.338. The van der Waals surface area contributed by atoms with Crippen molar-refractivity contribution in [2.75, 3.05) is 6.26 Å². The molecule has 0 aromatic heterocycles. The minimum Gasteiger partial charge on any atom is -0.424 e. The highest BCUT2D eigenvalue weighted by molar-refractivity contribution is 7.98. The Morgan fingerprint density at radius 1 is 1.36 bits per heavy atom. The molecule has 0 bridgehead atoms. The summed E-state index contributed by atoms with van der Waals surface area (Å²) in [7, 11) is 0.818. The van der Waals surface area contributed by atoms with E-state index in [-0.39, 0.29) is 0 Å². The molecule has 0 aliphatic heterocycles. The lowest BCUT2D eigenvalue weighted by Gasteiger charge is -2.00. The molecule has 0 spiro atoms. The molecule has 0 heterocycles. The Bertz CT molecular complexity index is 210. The van der Waals surface area contributed by atoms with Gasteiger partial charge in [-0.3, -0.25) is 0 Å². The van der Waals surface area contributed by atoms with Crippen LogP contribution in [0.2, 0.25) is 0 Å². The van der Waals surface area contributed by atoms with Crippen LogP contribution in [0.5, 0.6) is 0 Å². The highest BCUT2D eigenvalue weighted by atomic mass is 32.2. The number of rotatable bonds is 3. The normalized spacial score (nSPS) is 10.3. The first-order valence-corrected chi connectivity index (χ1v) is 5.53. The van der Waals surface area contributed by atoms with Gasteiger partial charge in [-0.1, -0.05) is 12.1 Å². The fourth-order valence-corrected chi connectivity index (χ4v) is 1.63. The van der Waals surface area contributed by atoms with Crippen LogP contribution in [0, 0.1) is 0 Å². The molecular weight excluding hydrogens is 172 g/mol. The van der Waals surface area contributed by atoms with Gasteiger partial charge in [-0.05, 0) is 24.0 Å². The zero-order chi connectivity index (χ0) is 8.10. The topological polar surface area (TPSA) is 9.23 Å². The van der Waals surface area contributed by atoms with E-state index in [9.17, 15) is 0 Å².